The minimum Gasteiger partial charge on any atom is -0.396 e. The van der Waals surface area contributed by atoms with Crippen molar-refractivity contribution < 1.29 is 9.84 Å². The number of aliphatic hydroxyl groups is 1. The number of nitrogens with one attached hydrogen (secondary N) is 1. The van der Waals surface area contributed by atoms with E-state index in [0.29, 0.717) is 17.8 Å². The molecule has 0 amide bonds. The zero-order valence-electron chi connectivity index (χ0n) is 19.4. The molecule has 1 aliphatic rings. The van der Waals surface area contributed by atoms with Gasteiger partial charge < -0.3 is 24.6 Å². The molecule has 9 nitrogen and oxygen atoms in total. The maximum absolute atomic E-state index is 9.19. The maximum Gasteiger partial charge on any atom is 0.227 e. The normalized spacial score (nSPS) is 16.1. The van der Waals surface area contributed by atoms with E-state index < -0.39 is 0 Å². The summed E-state index contributed by atoms with van der Waals surface area (Å²) >= 11 is 0. The molecule has 4 heterocycles. The molecule has 3 aromatic rings. The summed E-state index contributed by atoms with van der Waals surface area (Å²) < 4.78 is 8.03. The number of ether oxygens (including phenoxy) is 1. The highest BCUT2D eigenvalue weighted by Gasteiger charge is 2.34. The van der Waals surface area contributed by atoms with Gasteiger partial charge in [0.15, 0.2) is 0 Å². The SMILES string of the molecule is COC1(CCCO)CCN(c2nccc(Nc3cc4c(cn3)nc(C)n4C(C)C)n2)CC1. The second-order valence-electron chi connectivity index (χ2n) is 8.75. The lowest BCUT2D eigenvalue weighted by Crippen LogP contribution is -2.46. The van der Waals surface area contributed by atoms with Crippen LogP contribution in [-0.4, -0.2) is 62.0 Å². The number of aryl methyl sites for hydroxylation is 1. The van der Waals surface area contributed by atoms with Crippen LogP contribution in [-0.2, 0) is 4.74 Å². The number of nitrogens with zero attached hydrogens (tertiary/aromatic N) is 6. The topological polar surface area (TPSA) is 101 Å². The van der Waals surface area contributed by atoms with Crippen molar-refractivity contribution in [2.45, 2.75) is 58.1 Å². The van der Waals surface area contributed by atoms with Crippen molar-refractivity contribution in [3.63, 3.8) is 0 Å². The third-order valence-electron chi connectivity index (χ3n) is 6.35. The summed E-state index contributed by atoms with van der Waals surface area (Å²) in [6, 6.07) is 4.19. The number of hydrogen-bond donors (Lipinski definition) is 2. The summed E-state index contributed by atoms with van der Waals surface area (Å²) in [6.07, 6.45) is 6.98. The van der Waals surface area contributed by atoms with E-state index in [4.69, 9.17) is 9.72 Å². The summed E-state index contributed by atoms with van der Waals surface area (Å²) in [5.41, 5.74) is 1.78. The van der Waals surface area contributed by atoms with Crippen LogP contribution in [0.2, 0.25) is 0 Å². The van der Waals surface area contributed by atoms with Crippen LogP contribution in [0, 0.1) is 6.92 Å². The second-order valence-corrected chi connectivity index (χ2v) is 8.75. The number of hydrogen-bond acceptors (Lipinski definition) is 8. The van der Waals surface area contributed by atoms with Crippen molar-refractivity contribution in [2.24, 2.45) is 0 Å². The zero-order valence-corrected chi connectivity index (χ0v) is 19.4. The van der Waals surface area contributed by atoms with Gasteiger partial charge in [-0.3, -0.25) is 0 Å². The quantitative estimate of drug-likeness (QED) is 0.549. The fourth-order valence-corrected chi connectivity index (χ4v) is 4.61. The molecule has 9 heteroatoms. The Balaban J connectivity index is 1.49. The largest absolute Gasteiger partial charge is 0.396 e. The van der Waals surface area contributed by atoms with Gasteiger partial charge in [0.1, 0.15) is 23.0 Å². The smallest absolute Gasteiger partial charge is 0.227 e. The molecule has 32 heavy (non-hydrogen) atoms. The van der Waals surface area contributed by atoms with Crippen LogP contribution in [0.3, 0.4) is 0 Å². The molecular formula is C23H33N7O2. The minimum absolute atomic E-state index is 0.161. The van der Waals surface area contributed by atoms with E-state index in [2.05, 4.69) is 43.6 Å². The molecule has 0 saturated carbocycles. The second kappa shape index (κ2) is 9.38. The van der Waals surface area contributed by atoms with Gasteiger partial charge in [-0.05, 0) is 52.5 Å². The van der Waals surface area contributed by atoms with Gasteiger partial charge in [0.2, 0.25) is 5.95 Å². The van der Waals surface area contributed by atoms with E-state index in [1.807, 2.05) is 19.1 Å². The Morgan fingerprint density at radius 1 is 1.19 bits per heavy atom. The van der Waals surface area contributed by atoms with Gasteiger partial charge in [-0.25, -0.2) is 15.0 Å². The van der Waals surface area contributed by atoms with E-state index in [0.717, 1.165) is 61.4 Å². The number of rotatable bonds is 8. The molecule has 1 aliphatic heterocycles. The molecule has 0 radical (unpaired) electrons. The van der Waals surface area contributed by atoms with Crippen molar-refractivity contribution in [1.29, 1.82) is 0 Å². The van der Waals surface area contributed by atoms with Crippen LogP contribution < -0.4 is 10.2 Å². The molecule has 1 fully saturated rings. The van der Waals surface area contributed by atoms with Crippen LogP contribution in [0.15, 0.2) is 24.5 Å². The van der Waals surface area contributed by atoms with Crippen molar-refractivity contribution in [2.75, 3.05) is 37.0 Å². The molecule has 4 rings (SSSR count). The zero-order chi connectivity index (χ0) is 22.7. The lowest BCUT2D eigenvalue weighted by atomic mass is 9.87. The Morgan fingerprint density at radius 3 is 2.66 bits per heavy atom. The van der Waals surface area contributed by atoms with E-state index >= 15 is 0 Å². The van der Waals surface area contributed by atoms with Gasteiger partial charge in [0.05, 0.1) is 17.3 Å². The van der Waals surface area contributed by atoms with Gasteiger partial charge >= 0.3 is 0 Å². The maximum atomic E-state index is 9.19. The third kappa shape index (κ3) is 4.54. The number of imidazole rings is 1. The predicted octanol–water partition coefficient (Wildman–Crippen LogP) is 3.61. The van der Waals surface area contributed by atoms with Crippen LogP contribution in [0.4, 0.5) is 17.6 Å². The van der Waals surface area contributed by atoms with Crippen LogP contribution >= 0.6 is 0 Å². The number of fused-ring (bicyclic) bond motifs is 1. The van der Waals surface area contributed by atoms with Gasteiger partial charge in [-0.15, -0.1) is 0 Å². The first-order valence-electron chi connectivity index (χ1n) is 11.3. The lowest BCUT2D eigenvalue weighted by Gasteiger charge is -2.41. The molecule has 3 aromatic heterocycles. The van der Waals surface area contributed by atoms with Crippen molar-refractivity contribution in [3.05, 3.63) is 30.4 Å². The molecule has 0 unspecified atom stereocenters. The van der Waals surface area contributed by atoms with Crippen LogP contribution in [0.1, 0.15) is 51.4 Å². The standard InChI is InChI=1S/C23H33N7O2/c1-16(2)30-17(3)26-18-15-25-21(14-19(18)30)27-20-6-10-24-22(28-20)29-11-8-23(32-4,9-12-29)7-5-13-31/h6,10,14-16,31H,5,7-9,11-13H2,1-4H3,(H,24,25,27,28). The Labute approximate surface area is 188 Å². The number of piperidine rings is 1. The Morgan fingerprint density at radius 2 is 1.97 bits per heavy atom. The predicted molar refractivity (Wildman–Crippen MR) is 125 cm³/mol. The summed E-state index contributed by atoms with van der Waals surface area (Å²) in [5, 5.41) is 12.5. The molecular weight excluding hydrogens is 406 g/mol. The summed E-state index contributed by atoms with van der Waals surface area (Å²) in [6.45, 7) is 8.16. The molecule has 2 N–H and O–H groups in total. The average molecular weight is 440 g/mol. The minimum atomic E-state index is -0.161. The molecule has 0 atom stereocenters. The van der Waals surface area contributed by atoms with Gasteiger partial charge in [-0.2, -0.15) is 4.98 Å². The third-order valence-corrected chi connectivity index (χ3v) is 6.35. The van der Waals surface area contributed by atoms with Gasteiger partial charge in [0, 0.05) is 45.1 Å². The fourth-order valence-electron chi connectivity index (χ4n) is 4.61. The monoisotopic (exact) mass is 439 g/mol. The summed E-state index contributed by atoms with van der Waals surface area (Å²) in [5.74, 6) is 3.11. The number of aliphatic hydroxyl groups excluding tert-OH is 1. The highest BCUT2D eigenvalue weighted by molar-refractivity contribution is 5.79. The summed E-state index contributed by atoms with van der Waals surface area (Å²) in [7, 11) is 1.77. The number of anilines is 3. The van der Waals surface area contributed by atoms with Crippen molar-refractivity contribution in [3.8, 4) is 0 Å². The Bertz CT molecular complexity index is 1060. The first kappa shape index (κ1) is 22.4. The van der Waals surface area contributed by atoms with Crippen LogP contribution in [0.5, 0.6) is 0 Å². The highest BCUT2D eigenvalue weighted by atomic mass is 16.5. The highest BCUT2D eigenvalue weighted by Crippen LogP contribution is 2.32. The number of pyridine rings is 1. The first-order chi connectivity index (χ1) is 15.4. The van der Waals surface area contributed by atoms with E-state index in [1.54, 1.807) is 19.5 Å². The molecule has 1 saturated heterocycles. The Hall–Kier alpha value is -2.78. The molecule has 172 valence electrons. The fraction of sp³-hybridized carbons (Fsp3) is 0.565. The number of aromatic nitrogens is 5. The molecule has 0 aliphatic carbocycles. The summed E-state index contributed by atoms with van der Waals surface area (Å²) in [4.78, 5) is 20.5. The van der Waals surface area contributed by atoms with Crippen molar-refractivity contribution in [1.82, 2.24) is 24.5 Å². The van der Waals surface area contributed by atoms with Crippen LogP contribution in [0.25, 0.3) is 11.0 Å². The molecule has 0 spiro atoms. The molecule has 0 bridgehead atoms. The average Bonchev–Trinajstić information content (AvgIpc) is 3.13. The van der Waals surface area contributed by atoms with E-state index in [9.17, 15) is 5.11 Å². The first-order valence-corrected chi connectivity index (χ1v) is 11.3. The number of methoxy groups -OCH3 is 1. The van der Waals surface area contributed by atoms with Crippen molar-refractivity contribution >= 4 is 28.6 Å². The Kier molecular flexibility index (Phi) is 6.57. The lowest BCUT2D eigenvalue weighted by molar-refractivity contribution is -0.0398. The van der Waals surface area contributed by atoms with Gasteiger partial charge in [-0.1, -0.05) is 0 Å². The molecule has 0 aromatic carbocycles. The van der Waals surface area contributed by atoms with E-state index in [1.165, 1.54) is 0 Å². The van der Waals surface area contributed by atoms with E-state index in [-0.39, 0.29) is 12.2 Å². The van der Waals surface area contributed by atoms with Gasteiger partial charge in [0.25, 0.3) is 0 Å².